The zero-order valence-corrected chi connectivity index (χ0v) is 15.8. The third-order valence-corrected chi connectivity index (χ3v) is 4.32. The van der Waals surface area contributed by atoms with Gasteiger partial charge in [-0.1, -0.05) is 36.7 Å². The fourth-order valence-corrected chi connectivity index (χ4v) is 2.91. The van der Waals surface area contributed by atoms with Crippen molar-refractivity contribution in [1.82, 2.24) is 9.97 Å². The molecule has 0 aliphatic rings. The summed E-state index contributed by atoms with van der Waals surface area (Å²) in [7, 11) is 4.28. The van der Waals surface area contributed by atoms with Crippen LogP contribution in [0.4, 0.5) is 0 Å². The molecule has 1 unspecified atom stereocenters. The number of methoxy groups -OCH3 is 3. The maximum Gasteiger partial charge on any atom is 0.318 e. The van der Waals surface area contributed by atoms with E-state index in [0.717, 1.165) is 0 Å². The van der Waals surface area contributed by atoms with E-state index in [-0.39, 0.29) is 11.0 Å². The summed E-state index contributed by atoms with van der Waals surface area (Å²) in [6.45, 7) is 1.86. The molecular formula is C18H21ClN2O5. The van der Waals surface area contributed by atoms with Crippen molar-refractivity contribution in [3.8, 4) is 11.6 Å². The van der Waals surface area contributed by atoms with Crippen LogP contribution in [0.1, 0.15) is 24.8 Å². The average Bonchev–Trinajstić information content (AvgIpc) is 2.67. The van der Waals surface area contributed by atoms with E-state index in [4.69, 9.17) is 30.5 Å². The highest BCUT2D eigenvalue weighted by molar-refractivity contribution is 6.29. The van der Waals surface area contributed by atoms with E-state index in [1.807, 2.05) is 6.92 Å². The highest BCUT2D eigenvalue weighted by atomic mass is 35.5. The van der Waals surface area contributed by atoms with Gasteiger partial charge in [-0.3, -0.25) is 4.79 Å². The Bertz CT molecular complexity index is 744. The topological polar surface area (TPSA) is 79.8 Å². The zero-order chi connectivity index (χ0) is 19.2. The molecule has 0 aliphatic heterocycles. The van der Waals surface area contributed by atoms with Crippen LogP contribution in [-0.4, -0.2) is 43.1 Å². The minimum Gasteiger partial charge on any atom is -0.468 e. The minimum absolute atomic E-state index is 0.244. The van der Waals surface area contributed by atoms with Gasteiger partial charge in [0.2, 0.25) is 5.88 Å². The van der Waals surface area contributed by atoms with Gasteiger partial charge in [0.25, 0.3) is 0 Å². The van der Waals surface area contributed by atoms with Crippen LogP contribution in [0.15, 0.2) is 36.7 Å². The zero-order valence-electron chi connectivity index (χ0n) is 15.1. The van der Waals surface area contributed by atoms with Gasteiger partial charge >= 0.3 is 5.97 Å². The van der Waals surface area contributed by atoms with Crippen LogP contribution in [0.3, 0.4) is 0 Å². The molecular weight excluding hydrogens is 360 g/mol. The van der Waals surface area contributed by atoms with Crippen molar-refractivity contribution in [2.75, 3.05) is 21.3 Å². The van der Waals surface area contributed by atoms with Crippen molar-refractivity contribution in [2.24, 2.45) is 0 Å². The van der Waals surface area contributed by atoms with Crippen LogP contribution < -0.4 is 4.74 Å². The number of nitrogens with zero attached hydrogens (tertiary/aromatic N) is 2. The van der Waals surface area contributed by atoms with Crippen molar-refractivity contribution in [1.29, 1.82) is 0 Å². The first-order chi connectivity index (χ1) is 12.5. The fraction of sp³-hybridized carbons (Fsp3) is 0.389. The molecule has 8 heteroatoms. The van der Waals surface area contributed by atoms with Gasteiger partial charge in [0.05, 0.1) is 7.11 Å². The molecule has 7 nitrogen and oxygen atoms in total. The molecule has 0 saturated heterocycles. The van der Waals surface area contributed by atoms with Gasteiger partial charge in [0, 0.05) is 25.8 Å². The quantitative estimate of drug-likeness (QED) is 0.393. The highest BCUT2D eigenvalue weighted by Gasteiger charge is 2.46. The molecule has 0 fully saturated rings. The van der Waals surface area contributed by atoms with Crippen LogP contribution in [0.2, 0.25) is 5.15 Å². The lowest BCUT2D eigenvalue weighted by Crippen LogP contribution is -2.44. The van der Waals surface area contributed by atoms with Gasteiger partial charge in [-0.2, -0.15) is 0 Å². The molecule has 2 aromatic rings. The SMILES string of the molecule is CCC(OC)(OC)C(C(=O)OC)c1ccccc1Oc1cc(Cl)ncn1. The molecule has 0 aliphatic carbocycles. The normalized spacial score (nSPS) is 12.5. The Kier molecular flexibility index (Phi) is 6.90. The Hall–Kier alpha value is -2.22. The second-order valence-electron chi connectivity index (χ2n) is 5.35. The van der Waals surface area contributed by atoms with Crippen LogP contribution in [0.25, 0.3) is 0 Å². The van der Waals surface area contributed by atoms with E-state index in [1.54, 1.807) is 24.3 Å². The number of carbonyl (C=O) groups excluding carboxylic acids is 1. The number of rotatable bonds is 8. The number of esters is 1. The maximum atomic E-state index is 12.6. The molecule has 1 aromatic heterocycles. The molecule has 0 radical (unpaired) electrons. The number of carbonyl (C=O) groups is 1. The number of para-hydroxylation sites is 1. The van der Waals surface area contributed by atoms with Gasteiger partial charge < -0.3 is 18.9 Å². The molecule has 26 heavy (non-hydrogen) atoms. The summed E-state index contributed by atoms with van der Waals surface area (Å²) in [6.07, 6.45) is 1.70. The summed E-state index contributed by atoms with van der Waals surface area (Å²) < 4.78 is 22.0. The highest BCUT2D eigenvalue weighted by Crippen LogP contribution is 2.41. The number of hydrogen-bond acceptors (Lipinski definition) is 7. The van der Waals surface area contributed by atoms with E-state index in [2.05, 4.69) is 9.97 Å². The van der Waals surface area contributed by atoms with Gasteiger partial charge in [-0.25, -0.2) is 9.97 Å². The molecule has 0 saturated carbocycles. The molecule has 0 N–H and O–H groups in total. The standard InChI is InChI=1S/C18H21ClN2O5/c1-5-18(24-3,25-4)16(17(22)23-2)12-8-6-7-9-13(12)26-15-10-14(19)20-11-21-15/h6-11,16H,5H2,1-4H3. The van der Waals surface area contributed by atoms with Crippen LogP contribution >= 0.6 is 11.6 Å². The molecule has 0 bridgehead atoms. The Morgan fingerprint density at radius 1 is 1.19 bits per heavy atom. The van der Waals surface area contributed by atoms with Crippen molar-refractivity contribution in [3.63, 3.8) is 0 Å². The minimum atomic E-state index is -1.21. The number of benzene rings is 1. The lowest BCUT2D eigenvalue weighted by atomic mass is 9.87. The van der Waals surface area contributed by atoms with Gasteiger partial charge in [-0.05, 0) is 12.5 Å². The second-order valence-corrected chi connectivity index (χ2v) is 5.74. The Morgan fingerprint density at radius 2 is 1.88 bits per heavy atom. The number of aromatic nitrogens is 2. The largest absolute Gasteiger partial charge is 0.468 e. The Labute approximate surface area is 157 Å². The average molecular weight is 381 g/mol. The summed E-state index contributed by atoms with van der Waals surface area (Å²) in [5.74, 6) is -1.94. The molecule has 0 amide bonds. The van der Waals surface area contributed by atoms with E-state index >= 15 is 0 Å². The first kappa shape index (κ1) is 20.1. The van der Waals surface area contributed by atoms with Crippen LogP contribution in [-0.2, 0) is 19.0 Å². The first-order valence-electron chi connectivity index (χ1n) is 7.93. The Balaban J connectivity index is 2.54. The molecule has 1 aromatic carbocycles. The van der Waals surface area contributed by atoms with Crippen molar-refractivity contribution >= 4 is 17.6 Å². The summed E-state index contributed by atoms with van der Waals surface area (Å²) in [5.41, 5.74) is 0.541. The fourth-order valence-electron chi connectivity index (χ4n) is 2.77. The Morgan fingerprint density at radius 3 is 2.46 bits per heavy atom. The van der Waals surface area contributed by atoms with Crippen molar-refractivity contribution in [2.45, 2.75) is 25.0 Å². The van der Waals surface area contributed by atoms with Gasteiger partial charge in [-0.15, -0.1) is 0 Å². The molecule has 140 valence electrons. The third-order valence-electron chi connectivity index (χ3n) is 4.11. The summed E-state index contributed by atoms with van der Waals surface area (Å²) in [6, 6.07) is 8.51. The number of hydrogen-bond donors (Lipinski definition) is 0. The smallest absolute Gasteiger partial charge is 0.318 e. The van der Waals surface area contributed by atoms with E-state index < -0.39 is 17.7 Å². The van der Waals surface area contributed by atoms with E-state index in [9.17, 15) is 4.79 Å². The molecule has 1 atom stereocenters. The first-order valence-corrected chi connectivity index (χ1v) is 8.31. The van der Waals surface area contributed by atoms with E-state index in [1.165, 1.54) is 33.7 Å². The third kappa shape index (κ3) is 4.12. The van der Waals surface area contributed by atoms with Crippen LogP contribution in [0.5, 0.6) is 11.6 Å². The summed E-state index contributed by atoms with van der Waals surface area (Å²) >= 11 is 5.88. The second kappa shape index (κ2) is 8.93. The lowest BCUT2D eigenvalue weighted by Gasteiger charge is -2.36. The number of ether oxygens (including phenoxy) is 4. The summed E-state index contributed by atoms with van der Waals surface area (Å²) in [4.78, 5) is 20.5. The predicted octanol–water partition coefficient (Wildman–Crippen LogP) is 3.58. The monoisotopic (exact) mass is 380 g/mol. The lowest BCUT2D eigenvalue weighted by molar-refractivity contribution is -0.228. The van der Waals surface area contributed by atoms with E-state index in [0.29, 0.717) is 17.7 Å². The number of halogens is 1. The van der Waals surface area contributed by atoms with Crippen LogP contribution in [0, 0.1) is 0 Å². The molecule has 0 spiro atoms. The molecule has 1 heterocycles. The van der Waals surface area contributed by atoms with Gasteiger partial charge in [0.1, 0.15) is 23.1 Å². The maximum absolute atomic E-state index is 12.6. The predicted molar refractivity (Wildman–Crippen MR) is 95.4 cm³/mol. The molecule has 2 rings (SSSR count). The van der Waals surface area contributed by atoms with Crippen molar-refractivity contribution in [3.05, 3.63) is 47.4 Å². The summed E-state index contributed by atoms with van der Waals surface area (Å²) in [5, 5.41) is 0.244. The van der Waals surface area contributed by atoms with Crippen molar-refractivity contribution < 1.29 is 23.7 Å². The van der Waals surface area contributed by atoms with Gasteiger partial charge in [0.15, 0.2) is 5.79 Å².